The molecule has 0 amide bonds. The molecule has 162 valence electrons. The predicted octanol–water partition coefficient (Wildman–Crippen LogP) is 5.41. The smallest absolute Gasteiger partial charge is 0.231 e. The summed E-state index contributed by atoms with van der Waals surface area (Å²) in [5.41, 5.74) is 10.7. The Morgan fingerprint density at radius 2 is 1.88 bits per heavy atom. The van der Waals surface area contributed by atoms with Crippen molar-refractivity contribution in [2.24, 2.45) is 0 Å². The zero-order chi connectivity index (χ0) is 22.5. The molecule has 2 N–H and O–H groups in total. The number of pyridine rings is 1. The molecule has 6 nitrogen and oxygen atoms in total. The summed E-state index contributed by atoms with van der Waals surface area (Å²) in [6, 6.07) is 16.7. The van der Waals surface area contributed by atoms with Crippen LogP contribution in [0.3, 0.4) is 0 Å². The van der Waals surface area contributed by atoms with E-state index in [2.05, 4.69) is 0 Å². The maximum atomic E-state index is 13.4. The SMILES string of the molecule is Nc1c(-c2nc(-c3ccc4c(c3)OCO4)cs2)c2ccccn2c1C(=O)c1ccc(F)cc1. The molecule has 0 radical (unpaired) electrons. The molecule has 0 spiro atoms. The molecule has 0 fully saturated rings. The van der Waals surface area contributed by atoms with E-state index >= 15 is 0 Å². The molecule has 1 aliphatic heterocycles. The maximum Gasteiger partial charge on any atom is 0.231 e. The maximum absolute atomic E-state index is 13.4. The first-order valence-electron chi connectivity index (χ1n) is 10.1. The van der Waals surface area contributed by atoms with Gasteiger partial charge in [0.15, 0.2) is 11.5 Å². The lowest BCUT2D eigenvalue weighted by Gasteiger charge is -2.03. The number of ether oxygens (including phenoxy) is 2. The predicted molar refractivity (Wildman–Crippen MR) is 124 cm³/mol. The number of nitrogens with two attached hydrogens (primary N) is 1. The van der Waals surface area contributed by atoms with E-state index in [0.29, 0.717) is 39.0 Å². The molecule has 8 heteroatoms. The normalized spacial score (nSPS) is 12.4. The van der Waals surface area contributed by atoms with Gasteiger partial charge >= 0.3 is 0 Å². The van der Waals surface area contributed by atoms with Gasteiger partial charge in [0.25, 0.3) is 0 Å². The van der Waals surface area contributed by atoms with Crippen LogP contribution in [0.4, 0.5) is 10.1 Å². The second-order valence-electron chi connectivity index (χ2n) is 7.54. The third-order valence-electron chi connectivity index (χ3n) is 5.59. The van der Waals surface area contributed by atoms with Crippen LogP contribution in [0, 0.1) is 5.82 Å². The molecule has 33 heavy (non-hydrogen) atoms. The van der Waals surface area contributed by atoms with E-state index < -0.39 is 5.82 Å². The van der Waals surface area contributed by atoms with Crippen LogP contribution in [0.5, 0.6) is 11.5 Å². The van der Waals surface area contributed by atoms with Gasteiger partial charge in [-0.25, -0.2) is 9.37 Å². The zero-order valence-electron chi connectivity index (χ0n) is 17.1. The number of carbonyl (C=O) groups excluding carboxylic acids is 1. The minimum Gasteiger partial charge on any atom is -0.454 e. The number of fused-ring (bicyclic) bond motifs is 2. The van der Waals surface area contributed by atoms with Crippen molar-refractivity contribution in [2.75, 3.05) is 12.5 Å². The standard InChI is InChI=1S/C25H16FN3O3S/c26-16-7-4-14(5-8-16)24(30)23-22(27)21(18-3-1-2-10-29(18)23)25-28-17(12-33-25)15-6-9-19-20(11-15)32-13-31-19/h1-12H,13,27H2. The number of halogens is 1. The number of carbonyl (C=O) groups is 1. The second-order valence-corrected chi connectivity index (χ2v) is 8.39. The lowest BCUT2D eigenvalue weighted by molar-refractivity contribution is 0.103. The van der Waals surface area contributed by atoms with Crippen LogP contribution in [0.15, 0.2) is 72.2 Å². The van der Waals surface area contributed by atoms with Crippen LogP contribution in [0.1, 0.15) is 16.1 Å². The second kappa shape index (κ2) is 7.46. The number of hydrogen-bond donors (Lipinski definition) is 1. The molecule has 5 aromatic rings. The van der Waals surface area contributed by atoms with Gasteiger partial charge < -0.3 is 19.6 Å². The molecule has 0 saturated carbocycles. The fourth-order valence-corrected chi connectivity index (χ4v) is 4.89. The number of benzene rings is 2. The van der Waals surface area contributed by atoms with Crippen LogP contribution in [-0.4, -0.2) is 22.0 Å². The van der Waals surface area contributed by atoms with Gasteiger partial charge in [-0.3, -0.25) is 4.79 Å². The Labute approximate surface area is 191 Å². The molecule has 3 aromatic heterocycles. The summed E-state index contributed by atoms with van der Waals surface area (Å²) in [5, 5.41) is 2.64. The van der Waals surface area contributed by atoms with Gasteiger partial charge in [-0.15, -0.1) is 11.3 Å². The van der Waals surface area contributed by atoms with Crippen molar-refractivity contribution in [3.63, 3.8) is 0 Å². The highest BCUT2D eigenvalue weighted by Crippen LogP contribution is 2.41. The van der Waals surface area contributed by atoms with E-state index in [-0.39, 0.29) is 12.6 Å². The molecule has 0 aliphatic carbocycles. The molecule has 4 heterocycles. The minimum absolute atomic E-state index is 0.208. The van der Waals surface area contributed by atoms with Crippen molar-refractivity contribution >= 4 is 28.3 Å². The number of nitrogen functional groups attached to an aromatic ring is 1. The van der Waals surface area contributed by atoms with Gasteiger partial charge in [0.05, 0.1) is 22.5 Å². The molecule has 0 atom stereocenters. The highest BCUT2D eigenvalue weighted by Gasteiger charge is 2.25. The number of ketones is 1. The topological polar surface area (TPSA) is 78.8 Å². The molecular weight excluding hydrogens is 441 g/mol. The van der Waals surface area contributed by atoms with Gasteiger partial charge in [-0.05, 0) is 54.6 Å². The van der Waals surface area contributed by atoms with E-state index in [9.17, 15) is 9.18 Å². The van der Waals surface area contributed by atoms with Gasteiger partial charge in [0.2, 0.25) is 12.6 Å². The van der Waals surface area contributed by atoms with E-state index in [1.165, 1.54) is 35.6 Å². The van der Waals surface area contributed by atoms with Crippen molar-refractivity contribution in [1.29, 1.82) is 0 Å². The van der Waals surface area contributed by atoms with Crippen LogP contribution >= 0.6 is 11.3 Å². The highest BCUT2D eigenvalue weighted by atomic mass is 32.1. The Kier molecular flexibility index (Phi) is 4.41. The van der Waals surface area contributed by atoms with Gasteiger partial charge in [-0.2, -0.15) is 0 Å². The van der Waals surface area contributed by atoms with E-state index in [4.69, 9.17) is 20.2 Å². The Hall–Kier alpha value is -4.17. The number of aromatic nitrogens is 2. The molecule has 1 aliphatic rings. The van der Waals surface area contributed by atoms with Crippen molar-refractivity contribution in [1.82, 2.24) is 9.38 Å². The van der Waals surface area contributed by atoms with Crippen LogP contribution in [0.25, 0.3) is 27.3 Å². The fraction of sp³-hybridized carbons (Fsp3) is 0.0400. The molecular formula is C25H16FN3O3S. The summed E-state index contributed by atoms with van der Waals surface area (Å²) in [6.07, 6.45) is 1.79. The molecule has 0 unspecified atom stereocenters. The Morgan fingerprint density at radius 3 is 2.73 bits per heavy atom. The summed E-state index contributed by atoms with van der Waals surface area (Å²) in [4.78, 5) is 18.1. The summed E-state index contributed by atoms with van der Waals surface area (Å²) in [5.74, 6) is 0.704. The Morgan fingerprint density at radius 1 is 1.06 bits per heavy atom. The van der Waals surface area contributed by atoms with Crippen molar-refractivity contribution < 1.29 is 18.7 Å². The Bertz CT molecular complexity index is 1540. The first-order valence-corrected chi connectivity index (χ1v) is 11.0. The van der Waals surface area contributed by atoms with Gasteiger partial charge in [-0.1, -0.05) is 6.07 Å². The highest BCUT2D eigenvalue weighted by molar-refractivity contribution is 7.13. The van der Waals surface area contributed by atoms with E-state index in [0.717, 1.165) is 16.8 Å². The number of hydrogen-bond acceptors (Lipinski definition) is 6. The molecule has 0 saturated heterocycles. The van der Waals surface area contributed by atoms with Crippen molar-refractivity contribution in [3.05, 3.63) is 89.3 Å². The minimum atomic E-state index is -0.404. The molecule has 2 aromatic carbocycles. The summed E-state index contributed by atoms with van der Waals surface area (Å²) in [6.45, 7) is 0.208. The molecule has 0 bridgehead atoms. The third kappa shape index (κ3) is 3.15. The first-order chi connectivity index (χ1) is 16.1. The number of thiazole rings is 1. The fourth-order valence-electron chi connectivity index (χ4n) is 4.00. The Balaban J connectivity index is 1.47. The largest absolute Gasteiger partial charge is 0.454 e. The van der Waals surface area contributed by atoms with Crippen LogP contribution in [0.2, 0.25) is 0 Å². The first kappa shape index (κ1) is 19.5. The van der Waals surface area contributed by atoms with Crippen LogP contribution in [-0.2, 0) is 0 Å². The quantitative estimate of drug-likeness (QED) is 0.365. The lowest BCUT2D eigenvalue weighted by Crippen LogP contribution is -2.08. The van der Waals surface area contributed by atoms with E-state index in [1.807, 2.05) is 41.8 Å². The molecule has 6 rings (SSSR count). The van der Waals surface area contributed by atoms with Crippen molar-refractivity contribution in [3.8, 4) is 33.3 Å². The van der Waals surface area contributed by atoms with Crippen LogP contribution < -0.4 is 15.2 Å². The zero-order valence-corrected chi connectivity index (χ0v) is 17.9. The third-order valence-corrected chi connectivity index (χ3v) is 6.45. The van der Waals surface area contributed by atoms with Gasteiger partial charge in [0.1, 0.15) is 16.5 Å². The monoisotopic (exact) mass is 457 g/mol. The summed E-state index contributed by atoms with van der Waals surface area (Å²) < 4.78 is 26.0. The van der Waals surface area contributed by atoms with Crippen molar-refractivity contribution in [2.45, 2.75) is 0 Å². The lowest BCUT2D eigenvalue weighted by atomic mass is 10.1. The number of nitrogens with zero attached hydrogens (tertiary/aromatic N) is 2. The average molecular weight is 457 g/mol. The summed E-state index contributed by atoms with van der Waals surface area (Å²) >= 11 is 1.45. The average Bonchev–Trinajstić information content (AvgIpc) is 3.55. The number of rotatable bonds is 4. The van der Waals surface area contributed by atoms with Gasteiger partial charge in [0, 0.05) is 22.7 Å². The van der Waals surface area contributed by atoms with E-state index in [1.54, 1.807) is 10.6 Å². The number of anilines is 1. The summed E-state index contributed by atoms with van der Waals surface area (Å²) in [7, 11) is 0.